The average molecular weight is 340 g/mol. The third kappa shape index (κ3) is 6.27. The van der Waals surface area contributed by atoms with Gasteiger partial charge in [0, 0.05) is 13.1 Å². The Kier molecular flexibility index (Phi) is 6.72. The quantitative estimate of drug-likeness (QED) is 0.776. The Labute approximate surface area is 138 Å². The van der Waals surface area contributed by atoms with Gasteiger partial charge in [0.15, 0.2) is 0 Å². The molecule has 1 aromatic carbocycles. The highest BCUT2D eigenvalue weighted by molar-refractivity contribution is 5.14. The summed E-state index contributed by atoms with van der Waals surface area (Å²) in [4.78, 5) is 3.54. The van der Waals surface area contributed by atoms with Crippen LogP contribution in [0.15, 0.2) is 48.5 Å². The number of aliphatic hydroxyl groups is 1. The highest BCUT2D eigenvalue weighted by atomic mass is 19.4. The zero-order valence-electron chi connectivity index (χ0n) is 13.0. The van der Waals surface area contributed by atoms with Crippen molar-refractivity contribution in [3.8, 4) is 0 Å². The van der Waals surface area contributed by atoms with Crippen molar-refractivity contribution in [3.05, 3.63) is 65.5 Å². The Morgan fingerprint density at radius 3 is 2.54 bits per heavy atom. The minimum atomic E-state index is -4.46. The summed E-state index contributed by atoms with van der Waals surface area (Å²) in [7, 11) is 0. The number of alkyl halides is 3. The van der Waals surface area contributed by atoms with Gasteiger partial charge in [0.05, 0.1) is 25.0 Å². The molecule has 4 nitrogen and oxygen atoms in total. The number of benzene rings is 1. The molecule has 1 aromatic heterocycles. The van der Waals surface area contributed by atoms with Gasteiger partial charge in [0.2, 0.25) is 0 Å². The Bertz CT molecular complexity index is 621. The first-order chi connectivity index (χ1) is 11.4. The molecule has 0 amide bonds. The number of nitrogens with zero attached hydrogens (tertiary/aromatic N) is 1. The summed E-state index contributed by atoms with van der Waals surface area (Å²) in [5.74, 6) is 0. The van der Waals surface area contributed by atoms with E-state index in [9.17, 15) is 18.3 Å². The molecular formula is C17H19F3N2O2. The number of ether oxygens (including phenoxy) is 1. The normalized spacial score (nSPS) is 13.0. The maximum atomic E-state index is 12.6. The van der Waals surface area contributed by atoms with Crippen molar-refractivity contribution in [3.63, 3.8) is 0 Å². The molecule has 7 heteroatoms. The van der Waals surface area contributed by atoms with E-state index in [1.807, 2.05) is 30.3 Å². The predicted octanol–water partition coefficient (Wildman–Crippen LogP) is 2.77. The van der Waals surface area contributed by atoms with Crippen LogP contribution in [0, 0.1) is 0 Å². The van der Waals surface area contributed by atoms with Crippen LogP contribution in [0.1, 0.15) is 17.0 Å². The van der Waals surface area contributed by atoms with Crippen LogP contribution in [0.2, 0.25) is 0 Å². The third-order valence-corrected chi connectivity index (χ3v) is 3.21. The standard InChI is InChI=1S/C17H19F3N2O2/c18-17(19,20)16-8-4-7-14(22-16)9-21-10-15(23)12-24-11-13-5-2-1-3-6-13/h1-8,15,21,23H,9-12H2/t15-/m1/s1. The maximum absolute atomic E-state index is 12.6. The van der Waals surface area contributed by atoms with Crippen LogP contribution in [0.4, 0.5) is 13.2 Å². The number of hydrogen-bond acceptors (Lipinski definition) is 4. The van der Waals surface area contributed by atoms with Gasteiger partial charge < -0.3 is 15.2 Å². The van der Waals surface area contributed by atoms with E-state index in [4.69, 9.17) is 4.74 Å². The molecule has 130 valence electrons. The average Bonchev–Trinajstić information content (AvgIpc) is 2.55. The van der Waals surface area contributed by atoms with E-state index in [-0.39, 0.29) is 25.4 Å². The van der Waals surface area contributed by atoms with Crippen LogP contribution < -0.4 is 5.32 Å². The molecule has 0 saturated heterocycles. The monoisotopic (exact) mass is 340 g/mol. The number of rotatable bonds is 8. The SMILES string of the molecule is O[C@H](CNCc1cccc(C(F)(F)F)n1)COCc1ccccc1. The fourth-order valence-corrected chi connectivity index (χ4v) is 2.05. The lowest BCUT2D eigenvalue weighted by Crippen LogP contribution is -2.30. The van der Waals surface area contributed by atoms with Gasteiger partial charge in [-0.05, 0) is 17.7 Å². The molecule has 0 saturated carbocycles. The molecule has 0 unspecified atom stereocenters. The lowest BCUT2D eigenvalue weighted by Gasteiger charge is -2.13. The van der Waals surface area contributed by atoms with Crippen LogP contribution in [-0.2, 0) is 24.1 Å². The number of nitrogens with one attached hydrogen (secondary N) is 1. The molecule has 0 fully saturated rings. The number of aliphatic hydroxyl groups excluding tert-OH is 1. The highest BCUT2D eigenvalue weighted by Gasteiger charge is 2.32. The first-order valence-corrected chi connectivity index (χ1v) is 7.49. The first kappa shape index (κ1) is 18.4. The van der Waals surface area contributed by atoms with Gasteiger partial charge in [-0.2, -0.15) is 13.2 Å². The molecule has 2 rings (SSSR count). The van der Waals surface area contributed by atoms with E-state index in [0.29, 0.717) is 6.61 Å². The van der Waals surface area contributed by atoms with Gasteiger partial charge >= 0.3 is 6.18 Å². The molecule has 0 spiro atoms. The van der Waals surface area contributed by atoms with E-state index >= 15 is 0 Å². The first-order valence-electron chi connectivity index (χ1n) is 7.49. The minimum Gasteiger partial charge on any atom is -0.389 e. The number of aromatic nitrogens is 1. The molecule has 0 aliphatic heterocycles. The minimum absolute atomic E-state index is 0.137. The summed E-state index contributed by atoms with van der Waals surface area (Å²) in [5, 5.41) is 12.7. The molecule has 0 aliphatic rings. The largest absolute Gasteiger partial charge is 0.433 e. The topological polar surface area (TPSA) is 54.4 Å². The Hall–Kier alpha value is -1.96. The van der Waals surface area contributed by atoms with Gasteiger partial charge in [-0.25, -0.2) is 4.98 Å². The Balaban J connectivity index is 1.68. The summed E-state index contributed by atoms with van der Waals surface area (Å²) in [6, 6.07) is 13.3. The molecule has 2 N–H and O–H groups in total. The maximum Gasteiger partial charge on any atom is 0.433 e. The lowest BCUT2D eigenvalue weighted by molar-refractivity contribution is -0.141. The van der Waals surface area contributed by atoms with Gasteiger partial charge in [-0.15, -0.1) is 0 Å². The second kappa shape index (κ2) is 8.77. The molecule has 2 aromatic rings. The number of halogens is 3. The summed E-state index contributed by atoms with van der Waals surface area (Å²) in [5.41, 5.74) is 0.349. The zero-order chi connectivity index (χ0) is 17.4. The summed E-state index contributed by atoms with van der Waals surface area (Å²) >= 11 is 0. The van der Waals surface area contributed by atoms with Crippen LogP contribution in [-0.4, -0.2) is 29.3 Å². The highest BCUT2D eigenvalue weighted by Crippen LogP contribution is 2.27. The molecule has 0 bridgehead atoms. The van der Waals surface area contributed by atoms with Crippen LogP contribution >= 0.6 is 0 Å². The van der Waals surface area contributed by atoms with Crippen molar-refractivity contribution in [2.75, 3.05) is 13.2 Å². The molecule has 24 heavy (non-hydrogen) atoms. The van der Waals surface area contributed by atoms with E-state index in [1.54, 1.807) is 0 Å². The summed E-state index contributed by atoms with van der Waals surface area (Å²) in [6.45, 7) is 0.872. The fourth-order valence-electron chi connectivity index (χ4n) is 2.05. The molecule has 1 heterocycles. The van der Waals surface area contributed by atoms with E-state index in [0.717, 1.165) is 11.6 Å². The smallest absolute Gasteiger partial charge is 0.389 e. The van der Waals surface area contributed by atoms with E-state index < -0.39 is 18.0 Å². The van der Waals surface area contributed by atoms with Gasteiger partial charge in [0.25, 0.3) is 0 Å². The van der Waals surface area contributed by atoms with Crippen molar-refractivity contribution < 1.29 is 23.0 Å². The van der Waals surface area contributed by atoms with Crippen LogP contribution in [0.5, 0.6) is 0 Å². The predicted molar refractivity (Wildman–Crippen MR) is 83.1 cm³/mol. The molecular weight excluding hydrogens is 321 g/mol. The van der Waals surface area contributed by atoms with E-state index in [2.05, 4.69) is 10.3 Å². The second-order valence-corrected chi connectivity index (χ2v) is 5.30. The third-order valence-electron chi connectivity index (χ3n) is 3.21. The Morgan fingerprint density at radius 2 is 1.83 bits per heavy atom. The van der Waals surface area contributed by atoms with Crippen molar-refractivity contribution in [2.24, 2.45) is 0 Å². The van der Waals surface area contributed by atoms with Crippen molar-refractivity contribution in [1.29, 1.82) is 0 Å². The number of hydrogen-bond donors (Lipinski definition) is 2. The Morgan fingerprint density at radius 1 is 1.08 bits per heavy atom. The lowest BCUT2D eigenvalue weighted by atomic mass is 10.2. The van der Waals surface area contributed by atoms with Gasteiger partial charge in [-0.3, -0.25) is 0 Å². The van der Waals surface area contributed by atoms with Crippen molar-refractivity contribution in [2.45, 2.75) is 25.4 Å². The van der Waals surface area contributed by atoms with Crippen molar-refractivity contribution in [1.82, 2.24) is 10.3 Å². The number of pyridine rings is 1. The molecule has 0 aliphatic carbocycles. The summed E-state index contributed by atoms with van der Waals surface area (Å²) in [6.07, 6.45) is -5.21. The van der Waals surface area contributed by atoms with Crippen molar-refractivity contribution >= 4 is 0 Å². The van der Waals surface area contributed by atoms with Gasteiger partial charge in [0.1, 0.15) is 5.69 Å². The van der Waals surface area contributed by atoms with Crippen LogP contribution in [0.25, 0.3) is 0 Å². The molecule has 1 atom stereocenters. The fraction of sp³-hybridized carbons (Fsp3) is 0.353. The molecule has 0 radical (unpaired) electrons. The second-order valence-electron chi connectivity index (χ2n) is 5.30. The van der Waals surface area contributed by atoms with Gasteiger partial charge in [-0.1, -0.05) is 36.4 Å². The zero-order valence-corrected chi connectivity index (χ0v) is 13.0. The summed E-state index contributed by atoms with van der Waals surface area (Å²) < 4.78 is 43.1. The van der Waals surface area contributed by atoms with E-state index in [1.165, 1.54) is 12.1 Å². The van der Waals surface area contributed by atoms with Crippen LogP contribution in [0.3, 0.4) is 0 Å².